The molecular weight excluding hydrogens is 254 g/mol. The molecule has 18 heavy (non-hydrogen) atoms. The Labute approximate surface area is 110 Å². The maximum atomic E-state index is 11.6. The molecule has 0 saturated heterocycles. The van der Waals surface area contributed by atoms with Crippen LogP contribution in [0.4, 0.5) is 0 Å². The minimum Gasteiger partial charge on any atom is -0.379 e. The first-order valence-corrected chi connectivity index (χ1v) is 7.74. The predicted octanol–water partition coefficient (Wildman–Crippen LogP) is 0.907. The minimum atomic E-state index is -3.43. The number of amides is 1. The van der Waals surface area contributed by atoms with E-state index in [2.05, 4.69) is 11.9 Å². The van der Waals surface area contributed by atoms with Gasteiger partial charge < -0.3 is 10.1 Å². The van der Waals surface area contributed by atoms with Crippen LogP contribution in [0.15, 0.2) is 12.7 Å². The number of rotatable bonds is 9. The number of ether oxygens (including phenoxy) is 1. The summed E-state index contributed by atoms with van der Waals surface area (Å²) in [5.74, 6) is -0.653. The summed E-state index contributed by atoms with van der Waals surface area (Å²) >= 11 is 0. The highest BCUT2D eigenvalue weighted by Crippen LogP contribution is 2.02. The summed E-state index contributed by atoms with van der Waals surface area (Å²) in [5.41, 5.74) is 0. The fraction of sp³-hybridized carbons (Fsp3) is 0.750. The van der Waals surface area contributed by atoms with Crippen molar-refractivity contribution in [2.75, 3.05) is 18.9 Å². The van der Waals surface area contributed by atoms with Crippen molar-refractivity contribution in [3.05, 3.63) is 12.7 Å². The van der Waals surface area contributed by atoms with Crippen LogP contribution in [0, 0.1) is 0 Å². The molecule has 0 aliphatic carbocycles. The first-order valence-electron chi connectivity index (χ1n) is 6.03. The van der Waals surface area contributed by atoms with Crippen LogP contribution in [-0.4, -0.2) is 44.6 Å². The first-order chi connectivity index (χ1) is 8.31. The van der Waals surface area contributed by atoms with Crippen LogP contribution < -0.4 is 5.32 Å². The molecule has 6 heteroatoms. The molecular formula is C12H23NO4S. The van der Waals surface area contributed by atoms with Gasteiger partial charge in [0.15, 0.2) is 9.84 Å². The van der Waals surface area contributed by atoms with E-state index in [0.29, 0.717) is 19.6 Å². The molecule has 1 N–H and O–H groups in total. The Hall–Kier alpha value is -0.880. The van der Waals surface area contributed by atoms with E-state index < -0.39 is 21.0 Å². The lowest BCUT2D eigenvalue weighted by Gasteiger charge is -2.12. The molecule has 1 amide bonds. The van der Waals surface area contributed by atoms with Crippen molar-refractivity contribution in [1.29, 1.82) is 0 Å². The van der Waals surface area contributed by atoms with Gasteiger partial charge in [-0.3, -0.25) is 4.79 Å². The summed E-state index contributed by atoms with van der Waals surface area (Å²) in [6.45, 7) is 9.58. The fourth-order valence-electron chi connectivity index (χ4n) is 1.22. The van der Waals surface area contributed by atoms with Gasteiger partial charge in [0.25, 0.3) is 0 Å². The van der Waals surface area contributed by atoms with E-state index >= 15 is 0 Å². The van der Waals surface area contributed by atoms with E-state index in [0.717, 1.165) is 0 Å². The van der Waals surface area contributed by atoms with Gasteiger partial charge in [0.2, 0.25) is 5.91 Å². The number of carbonyl (C=O) groups is 1. The highest BCUT2D eigenvalue weighted by atomic mass is 32.2. The van der Waals surface area contributed by atoms with Gasteiger partial charge in [-0.1, -0.05) is 6.08 Å². The Morgan fingerprint density at radius 1 is 1.39 bits per heavy atom. The average molecular weight is 277 g/mol. The van der Waals surface area contributed by atoms with Crippen molar-refractivity contribution in [3.8, 4) is 0 Å². The maximum absolute atomic E-state index is 11.6. The molecule has 0 aromatic rings. The van der Waals surface area contributed by atoms with Crippen molar-refractivity contribution in [2.24, 2.45) is 0 Å². The maximum Gasteiger partial charge on any atom is 0.238 e. The Morgan fingerprint density at radius 3 is 2.50 bits per heavy atom. The lowest BCUT2D eigenvalue weighted by Crippen LogP contribution is -2.39. The van der Waals surface area contributed by atoms with Gasteiger partial charge >= 0.3 is 0 Å². The van der Waals surface area contributed by atoms with E-state index in [9.17, 15) is 13.2 Å². The van der Waals surface area contributed by atoms with Crippen LogP contribution in [0.5, 0.6) is 0 Å². The van der Waals surface area contributed by atoms with Crippen molar-refractivity contribution < 1.29 is 17.9 Å². The van der Waals surface area contributed by atoms with Crippen LogP contribution in [0.3, 0.4) is 0 Å². The van der Waals surface area contributed by atoms with Gasteiger partial charge in [-0.2, -0.15) is 0 Å². The molecule has 0 aromatic heterocycles. The van der Waals surface area contributed by atoms with Crippen molar-refractivity contribution in [3.63, 3.8) is 0 Å². The zero-order chi connectivity index (χ0) is 14.2. The molecule has 0 heterocycles. The zero-order valence-electron chi connectivity index (χ0n) is 11.3. The second-order valence-corrected chi connectivity index (χ2v) is 6.69. The molecule has 0 bridgehead atoms. The van der Waals surface area contributed by atoms with E-state index in [4.69, 9.17) is 4.74 Å². The molecule has 5 nitrogen and oxygen atoms in total. The van der Waals surface area contributed by atoms with Gasteiger partial charge in [0, 0.05) is 13.2 Å². The lowest BCUT2D eigenvalue weighted by molar-refractivity contribution is -0.120. The highest BCUT2D eigenvalue weighted by molar-refractivity contribution is 7.92. The lowest BCUT2D eigenvalue weighted by atomic mass is 10.4. The molecule has 0 spiro atoms. The third kappa shape index (κ3) is 6.76. The van der Waals surface area contributed by atoms with Crippen molar-refractivity contribution in [2.45, 2.75) is 38.5 Å². The van der Waals surface area contributed by atoms with Crippen molar-refractivity contribution >= 4 is 15.7 Å². The Balaban J connectivity index is 3.99. The number of carbonyl (C=O) groups excluding carboxylic acids is 1. The van der Waals surface area contributed by atoms with Crippen LogP contribution in [0.1, 0.15) is 27.2 Å². The minimum absolute atomic E-state index is 0.160. The highest BCUT2D eigenvalue weighted by Gasteiger charge is 2.26. The molecule has 1 atom stereocenters. The number of nitrogens with one attached hydrogen (secondary N) is 1. The average Bonchev–Trinajstić information content (AvgIpc) is 2.26. The normalized spacial score (nSPS) is 13.3. The van der Waals surface area contributed by atoms with E-state index in [-0.39, 0.29) is 11.9 Å². The number of sulfone groups is 1. The van der Waals surface area contributed by atoms with Gasteiger partial charge in [0.1, 0.15) is 5.25 Å². The molecule has 0 fully saturated rings. The third-order valence-corrected chi connectivity index (χ3v) is 4.32. The molecule has 0 rings (SSSR count). The third-order valence-electron chi connectivity index (χ3n) is 2.33. The largest absolute Gasteiger partial charge is 0.379 e. The van der Waals surface area contributed by atoms with Crippen LogP contribution in [-0.2, 0) is 19.4 Å². The van der Waals surface area contributed by atoms with Gasteiger partial charge in [0.05, 0.1) is 11.9 Å². The second-order valence-electron chi connectivity index (χ2n) is 4.32. The topological polar surface area (TPSA) is 72.5 Å². The van der Waals surface area contributed by atoms with Gasteiger partial charge in [-0.05, 0) is 27.2 Å². The summed E-state index contributed by atoms with van der Waals surface area (Å²) < 4.78 is 28.5. The molecule has 0 saturated carbocycles. The van der Waals surface area contributed by atoms with Crippen LogP contribution in [0.25, 0.3) is 0 Å². The monoisotopic (exact) mass is 277 g/mol. The molecule has 0 aliphatic heterocycles. The van der Waals surface area contributed by atoms with Gasteiger partial charge in [-0.25, -0.2) is 8.42 Å². The first kappa shape index (κ1) is 17.1. The van der Waals surface area contributed by atoms with Crippen LogP contribution in [0.2, 0.25) is 0 Å². The summed E-state index contributed by atoms with van der Waals surface area (Å²) in [7, 11) is -3.43. The predicted molar refractivity (Wildman–Crippen MR) is 72.2 cm³/mol. The number of hydrogen-bond acceptors (Lipinski definition) is 4. The smallest absolute Gasteiger partial charge is 0.238 e. The molecule has 0 radical (unpaired) electrons. The standard InChI is InChI=1S/C12H23NO4S/c1-5-9-18(15,16)11(4)12(14)13-7-6-8-17-10(2)3/h5,10-11H,1,6-9H2,2-4H3,(H,13,14). The van der Waals surface area contributed by atoms with E-state index in [1.165, 1.54) is 13.0 Å². The fourth-order valence-corrected chi connectivity index (χ4v) is 2.24. The van der Waals surface area contributed by atoms with Gasteiger partial charge in [-0.15, -0.1) is 6.58 Å². The quantitative estimate of drug-likeness (QED) is 0.502. The zero-order valence-corrected chi connectivity index (χ0v) is 12.1. The second kappa shape index (κ2) is 8.26. The SMILES string of the molecule is C=CCS(=O)(=O)C(C)C(=O)NCCCOC(C)C. The summed E-state index contributed by atoms with van der Waals surface area (Å²) in [4.78, 5) is 11.6. The van der Waals surface area contributed by atoms with Crippen molar-refractivity contribution in [1.82, 2.24) is 5.32 Å². The van der Waals surface area contributed by atoms with E-state index in [1.807, 2.05) is 13.8 Å². The Kier molecular flexibility index (Phi) is 7.86. The molecule has 0 aliphatic rings. The summed E-state index contributed by atoms with van der Waals surface area (Å²) in [5, 5.41) is 1.55. The van der Waals surface area contributed by atoms with E-state index in [1.54, 1.807) is 0 Å². The summed E-state index contributed by atoms with van der Waals surface area (Å²) in [6.07, 6.45) is 2.11. The molecule has 106 valence electrons. The van der Waals surface area contributed by atoms with Crippen LogP contribution >= 0.6 is 0 Å². The molecule has 1 unspecified atom stereocenters. The molecule has 0 aromatic carbocycles. The Morgan fingerprint density at radius 2 is 2.00 bits per heavy atom. The summed E-state index contributed by atoms with van der Waals surface area (Å²) in [6, 6.07) is 0. The Bertz CT molecular complexity index is 362. The number of hydrogen-bond donors (Lipinski definition) is 1.